The van der Waals surface area contributed by atoms with Gasteiger partial charge in [-0.05, 0) is 60.8 Å². The lowest BCUT2D eigenvalue weighted by molar-refractivity contribution is -0.132. The summed E-state index contributed by atoms with van der Waals surface area (Å²) in [5.41, 5.74) is 9.22. The van der Waals surface area contributed by atoms with Crippen LogP contribution in [0.1, 0.15) is 25.7 Å². The normalized spacial score (nSPS) is 21.7. The van der Waals surface area contributed by atoms with Gasteiger partial charge in [-0.25, -0.2) is 4.79 Å². The molecule has 2 fully saturated rings. The Bertz CT molecular complexity index is 892. The molecule has 0 aromatic heterocycles. The van der Waals surface area contributed by atoms with E-state index in [1.54, 1.807) is 11.8 Å². The molecule has 3 N–H and O–H groups in total. The number of thioether (sulfide) groups is 1. The van der Waals surface area contributed by atoms with E-state index in [1.807, 2.05) is 47.4 Å². The molecule has 1 saturated heterocycles. The third-order valence-electron chi connectivity index (χ3n) is 6.44. The van der Waals surface area contributed by atoms with Gasteiger partial charge in [0.15, 0.2) is 0 Å². The van der Waals surface area contributed by atoms with Crippen LogP contribution in [0.3, 0.4) is 0 Å². The van der Waals surface area contributed by atoms with E-state index in [0.717, 1.165) is 55.0 Å². The number of benzene rings is 2. The smallest absolute Gasteiger partial charge is 0.411 e. The summed E-state index contributed by atoms with van der Waals surface area (Å²) < 4.78 is 5.47. The SMILES string of the molecule is NC(C(=O)N1CCSC1)C1CCC(COC(=O)Nc2ccc(-c3ccccc3)cc2)CC1. The van der Waals surface area contributed by atoms with Gasteiger partial charge in [-0.2, -0.15) is 0 Å². The van der Waals surface area contributed by atoms with Crippen molar-refractivity contribution in [1.82, 2.24) is 4.90 Å². The summed E-state index contributed by atoms with van der Waals surface area (Å²) in [6, 6.07) is 17.4. The first kappa shape index (κ1) is 22.7. The fraction of sp³-hybridized carbons (Fsp3) is 0.440. The van der Waals surface area contributed by atoms with Crippen LogP contribution in [0.15, 0.2) is 54.6 Å². The lowest BCUT2D eigenvalue weighted by atomic mass is 9.78. The minimum atomic E-state index is -0.432. The van der Waals surface area contributed by atoms with Crippen LogP contribution in [0.5, 0.6) is 0 Å². The number of anilines is 1. The zero-order valence-electron chi connectivity index (χ0n) is 18.2. The van der Waals surface area contributed by atoms with E-state index < -0.39 is 12.1 Å². The predicted octanol–water partition coefficient (Wildman–Crippen LogP) is 4.57. The van der Waals surface area contributed by atoms with Crippen molar-refractivity contribution in [2.24, 2.45) is 17.6 Å². The van der Waals surface area contributed by atoms with E-state index in [0.29, 0.717) is 18.2 Å². The van der Waals surface area contributed by atoms with Crippen molar-refractivity contribution in [3.05, 3.63) is 54.6 Å². The Kier molecular flexibility index (Phi) is 7.71. The van der Waals surface area contributed by atoms with Gasteiger partial charge in [0.25, 0.3) is 0 Å². The molecule has 7 heteroatoms. The molecule has 1 atom stereocenters. The van der Waals surface area contributed by atoms with E-state index in [4.69, 9.17) is 10.5 Å². The van der Waals surface area contributed by atoms with E-state index in [9.17, 15) is 9.59 Å². The van der Waals surface area contributed by atoms with Gasteiger partial charge in [0.1, 0.15) is 0 Å². The molecular weight excluding hydrogens is 422 g/mol. The standard InChI is InChI=1S/C25H31N3O3S/c26-23(24(29)28-14-15-32-17-28)21-8-6-18(7-9-21)16-31-25(30)27-22-12-10-20(11-13-22)19-4-2-1-3-5-19/h1-5,10-13,18,21,23H,6-9,14-17,26H2,(H,27,30). The highest BCUT2D eigenvalue weighted by Gasteiger charge is 2.33. The van der Waals surface area contributed by atoms with E-state index in [1.165, 1.54) is 0 Å². The molecule has 2 aromatic rings. The van der Waals surface area contributed by atoms with Crippen LogP contribution >= 0.6 is 11.8 Å². The maximum atomic E-state index is 12.5. The monoisotopic (exact) mass is 453 g/mol. The number of hydrogen-bond acceptors (Lipinski definition) is 5. The second-order valence-corrected chi connectivity index (χ2v) is 9.69. The molecule has 0 spiro atoms. The maximum absolute atomic E-state index is 12.5. The third-order valence-corrected chi connectivity index (χ3v) is 7.40. The average Bonchev–Trinajstić information content (AvgIpc) is 3.38. The molecule has 1 heterocycles. The van der Waals surface area contributed by atoms with Gasteiger partial charge in [-0.15, -0.1) is 11.8 Å². The lowest BCUT2D eigenvalue weighted by Gasteiger charge is -2.32. The van der Waals surface area contributed by atoms with Crippen molar-refractivity contribution >= 4 is 29.4 Å². The van der Waals surface area contributed by atoms with Crippen molar-refractivity contribution in [2.75, 3.05) is 30.1 Å². The second kappa shape index (κ2) is 10.9. The Morgan fingerprint density at radius 3 is 2.38 bits per heavy atom. The molecule has 2 aromatic carbocycles. The number of hydrogen-bond donors (Lipinski definition) is 2. The van der Waals surface area contributed by atoms with Gasteiger partial charge in [0, 0.05) is 18.0 Å². The number of carbonyl (C=O) groups is 2. The molecule has 1 unspecified atom stereocenters. The summed E-state index contributed by atoms with van der Waals surface area (Å²) in [7, 11) is 0. The highest BCUT2D eigenvalue weighted by molar-refractivity contribution is 7.99. The molecule has 170 valence electrons. The highest BCUT2D eigenvalue weighted by atomic mass is 32.2. The van der Waals surface area contributed by atoms with E-state index in [2.05, 4.69) is 17.4 Å². The lowest BCUT2D eigenvalue weighted by Crippen LogP contribution is -2.47. The minimum absolute atomic E-state index is 0.0901. The predicted molar refractivity (Wildman–Crippen MR) is 129 cm³/mol. The van der Waals surface area contributed by atoms with Gasteiger partial charge < -0.3 is 15.4 Å². The summed E-state index contributed by atoms with van der Waals surface area (Å²) in [6.07, 6.45) is 3.24. The van der Waals surface area contributed by atoms with Crippen LogP contribution in [-0.4, -0.2) is 47.7 Å². The summed E-state index contributed by atoms with van der Waals surface area (Å²) >= 11 is 1.78. The van der Waals surface area contributed by atoms with Gasteiger partial charge in [0.2, 0.25) is 5.91 Å². The summed E-state index contributed by atoms with van der Waals surface area (Å²) in [6.45, 7) is 1.21. The number of nitrogens with one attached hydrogen (secondary N) is 1. The number of nitrogens with two attached hydrogens (primary N) is 1. The fourth-order valence-electron chi connectivity index (χ4n) is 4.44. The Morgan fingerprint density at radius 2 is 1.72 bits per heavy atom. The number of ether oxygens (including phenoxy) is 1. The van der Waals surface area contributed by atoms with Crippen molar-refractivity contribution in [2.45, 2.75) is 31.7 Å². The summed E-state index contributed by atoms with van der Waals surface area (Å²) in [4.78, 5) is 26.6. The van der Waals surface area contributed by atoms with Crippen molar-refractivity contribution in [3.8, 4) is 11.1 Å². The van der Waals surface area contributed by atoms with Crippen LogP contribution in [0, 0.1) is 11.8 Å². The average molecular weight is 454 g/mol. The Labute approximate surface area is 193 Å². The number of carbonyl (C=O) groups excluding carboxylic acids is 2. The van der Waals surface area contributed by atoms with Crippen LogP contribution in [0.2, 0.25) is 0 Å². The number of nitrogens with zero attached hydrogens (tertiary/aromatic N) is 1. The quantitative estimate of drug-likeness (QED) is 0.669. The molecule has 2 aliphatic rings. The second-order valence-electron chi connectivity index (χ2n) is 8.61. The van der Waals surface area contributed by atoms with Crippen molar-refractivity contribution in [1.29, 1.82) is 0 Å². The van der Waals surface area contributed by atoms with Crippen LogP contribution in [0.4, 0.5) is 10.5 Å². The zero-order valence-corrected chi connectivity index (χ0v) is 19.1. The minimum Gasteiger partial charge on any atom is -0.449 e. The van der Waals surface area contributed by atoms with Gasteiger partial charge in [-0.3, -0.25) is 10.1 Å². The Morgan fingerprint density at radius 1 is 1.03 bits per heavy atom. The van der Waals surface area contributed by atoms with Gasteiger partial charge >= 0.3 is 6.09 Å². The molecule has 0 radical (unpaired) electrons. The summed E-state index contributed by atoms with van der Waals surface area (Å²) in [5.74, 6) is 2.40. The van der Waals surface area contributed by atoms with E-state index >= 15 is 0 Å². The first-order chi connectivity index (χ1) is 15.6. The molecule has 2 amide bonds. The van der Waals surface area contributed by atoms with Crippen molar-refractivity contribution < 1.29 is 14.3 Å². The summed E-state index contributed by atoms with van der Waals surface area (Å²) in [5, 5.41) is 2.80. The van der Waals surface area contributed by atoms with Crippen LogP contribution in [-0.2, 0) is 9.53 Å². The van der Waals surface area contributed by atoms with Crippen LogP contribution < -0.4 is 11.1 Å². The van der Waals surface area contributed by atoms with Crippen LogP contribution in [0.25, 0.3) is 11.1 Å². The van der Waals surface area contributed by atoms with Gasteiger partial charge in [-0.1, -0.05) is 42.5 Å². The molecular formula is C25H31N3O3S. The topological polar surface area (TPSA) is 84.7 Å². The maximum Gasteiger partial charge on any atom is 0.411 e. The largest absolute Gasteiger partial charge is 0.449 e. The highest BCUT2D eigenvalue weighted by Crippen LogP contribution is 2.31. The first-order valence-electron chi connectivity index (χ1n) is 11.3. The third kappa shape index (κ3) is 5.84. The fourth-order valence-corrected chi connectivity index (χ4v) is 5.39. The molecule has 1 saturated carbocycles. The van der Waals surface area contributed by atoms with Crippen molar-refractivity contribution in [3.63, 3.8) is 0 Å². The zero-order chi connectivity index (χ0) is 22.3. The molecule has 4 rings (SSSR count). The number of amides is 2. The first-order valence-corrected chi connectivity index (χ1v) is 12.5. The number of rotatable bonds is 6. The molecule has 6 nitrogen and oxygen atoms in total. The molecule has 1 aliphatic heterocycles. The van der Waals surface area contributed by atoms with Gasteiger partial charge in [0.05, 0.1) is 18.5 Å². The van der Waals surface area contributed by atoms with E-state index in [-0.39, 0.29) is 11.8 Å². The molecule has 32 heavy (non-hydrogen) atoms. The Balaban J connectivity index is 1.18. The molecule has 0 bridgehead atoms. The Hall–Kier alpha value is -2.51. The molecule has 1 aliphatic carbocycles.